The summed E-state index contributed by atoms with van der Waals surface area (Å²) >= 11 is 0. The van der Waals surface area contributed by atoms with Crippen molar-refractivity contribution in [1.29, 1.82) is 5.41 Å². The van der Waals surface area contributed by atoms with Gasteiger partial charge in [-0.25, -0.2) is 0 Å². The van der Waals surface area contributed by atoms with Crippen molar-refractivity contribution in [1.82, 2.24) is 0 Å². The van der Waals surface area contributed by atoms with Crippen LogP contribution in [0.5, 0.6) is 0 Å². The Morgan fingerprint density at radius 3 is 2.75 bits per heavy atom. The minimum absolute atomic E-state index is 0.243. The van der Waals surface area contributed by atoms with E-state index >= 15 is 0 Å². The zero-order valence-electron chi connectivity index (χ0n) is 10.3. The van der Waals surface area contributed by atoms with Crippen LogP contribution in [0.1, 0.15) is 51.9 Å². The molecule has 3 nitrogen and oxygen atoms in total. The van der Waals surface area contributed by atoms with E-state index < -0.39 is 0 Å². The molecular formula is C13H24N2O. The summed E-state index contributed by atoms with van der Waals surface area (Å²) in [6.07, 6.45) is 8.69. The van der Waals surface area contributed by atoms with E-state index in [2.05, 4.69) is 6.92 Å². The molecule has 0 aromatic carbocycles. The van der Waals surface area contributed by atoms with Crippen LogP contribution in [0.15, 0.2) is 0 Å². The molecule has 16 heavy (non-hydrogen) atoms. The molecule has 2 rings (SSSR count). The highest BCUT2D eigenvalue weighted by Crippen LogP contribution is 2.49. The molecule has 0 amide bonds. The molecule has 2 aliphatic carbocycles. The Morgan fingerprint density at radius 2 is 2.19 bits per heavy atom. The first kappa shape index (κ1) is 11.9. The SMILES string of the molecule is CC1CCCC(OCC2(CC(=N)N)CC2)C1. The number of nitrogens with one attached hydrogen (secondary N) is 1. The maximum atomic E-state index is 7.37. The van der Waals surface area contributed by atoms with Gasteiger partial charge in [0.2, 0.25) is 0 Å². The first-order valence-corrected chi connectivity index (χ1v) is 6.54. The van der Waals surface area contributed by atoms with E-state index in [9.17, 15) is 0 Å². The molecule has 0 heterocycles. The van der Waals surface area contributed by atoms with Gasteiger partial charge in [-0.3, -0.25) is 5.41 Å². The average Bonchev–Trinajstić information content (AvgIpc) is 2.95. The third-order valence-corrected chi connectivity index (χ3v) is 4.04. The number of ether oxygens (including phenoxy) is 1. The second-order valence-electron chi connectivity index (χ2n) is 5.91. The molecule has 0 radical (unpaired) electrons. The fraction of sp³-hybridized carbons (Fsp3) is 0.923. The lowest BCUT2D eigenvalue weighted by Gasteiger charge is -2.28. The van der Waals surface area contributed by atoms with Crippen molar-refractivity contribution in [2.75, 3.05) is 6.61 Å². The van der Waals surface area contributed by atoms with Crippen molar-refractivity contribution in [3.8, 4) is 0 Å². The third-order valence-electron chi connectivity index (χ3n) is 4.04. The fourth-order valence-corrected chi connectivity index (χ4v) is 2.78. The number of hydrogen-bond acceptors (Lipinski definition) is 2. The second kappa shape index (κ2) is 4.74. The first-order chi connectivity index (χ1) is 7.60. The Kier molecular flexibility index (Phi) is 3.53. The average molecular weight is 224 g/mol. The van der Waals surface area contributed by atoms with E-state index in [4.69, 9.17) is 15.9 Å². The van der Waals surface area contributed by atoms with E-state index in [-0.39, 0.29) is 5.41 Å². The highest BCUT2D eigenvalue weighted by molar-refractivity contribution is 5.78. The van der Waals surface area contributed by atoms with Gasteiger partial charge in [0.1, 0.15) is 0 Å². The molecule has 0 saturated heterocycles. The molecule has 2 aliphatic rings. The summed E-state index contributed by atoms with van der Waals surface area (Å²) in [7, 11) is 0. The predicted molar refractivity (Wildman–Crippen MR) is 65.6 cm³/mol. The van der Waals surface area contributed by atoms with Gasteiger partial charge in [0, 0.05) is 11.8 Å². The van der Waals surface area contributed by atoms with Crippen molar-refractivity contribution in [3.63, 3.8) is 0 Å². The Balaban J connectivity index is 1.72. The van der Waals surface area contributed by atoms with Gasteiger partial charge in [-0.05, 0) is 31.6 Å². The smallest absolute Gasteiger partial charge is 0.0911 e. The zero-order valence-corrected chi connectivity index (χ0v) is 10.3. The summed E-state index contributed by atoms with van der Waals surface area (Å²) < 4.78 is 6.03. The van der Waals surface area contributed by atoms with Crippen molar-refractivity contribution < 1.29 is 4.74 Å². The number of rotatable bonds is 5. The summed E-state index contributed by atoms with van der Waals surface area (Å²) in [4.78, 5) is 0. The maximum absolute atomic E-state index is 7.37. The molecule has 2 saturated carbocycles. The van der Waals surface area contributed by atoms with Gasteiger partial charge in [0.05, 0.1) is 18.5 Å². The lowest BCUT2D eigenvalue weighted by atomic mass is 9.88. The van der Waals surface area contributed by atoms with Gasteiger partial charge in [-0.2, -0.15) is 0 Å². The molecule has 2 unspecified atom stereocenters. The molecular weight excluding hydrogens is 200 g/mol. The molecule has 92 valence electrons. The van der Waals surface area contributed by atoms with Crippen LogP contribution >= 0.6 is 0 Å². The van der Waals surface area contributed by atoms with Crippen LogP contribution in [0.4, 0.5) is 0 Å². The van der Waals surface area contributed by atoms with Crippen molar-refractivity contribution in [3.05, 3.63) is 0 Å². The monoisotopic (exact) mass is 224 g/mol. The quantitative estimate of drug-likeness (QED) is 0.557. The van der Waals surface area contributed by atoms with Crippen LogP contribution in [0, 0.1) is 16.7 Å². The first-order valence-electron chi connectivity index (χ1n) is 6.54. The van der Waals surface area contributed by atoms with Gasteiger partial charge in [-0.1, -0.05) is 19.8 Å². The minimum Gasteiger partial charge on any atom is -0.388 e. The number of nitrogens with two attached hydrogens (primary N) is 1. The normalized spacial score (nSPS) is 32.3. The molecule has 2 atom stereocenters. The van der Waals surface area contributed by atoms with Gasteiger partial charge in [0.15, 0.2) is 0 Å². The second-order valence-corrected chi connectivity index (χ2v) is 5.91. The van der Waals surface area contributed by atoms with E-state index in [1.165, 1.54) is 38.5 Å². The fourth-order valence-electron chi connectivity index (χ4n) is 2.78. The summed E-state index contributed by atoms with van der Waals surface area (Å²) in [6.45, 7) is 3.14. The molecule has 0 aliphatic heterocycles. The van der Waals surface area contributed by atoms with E-state index in [0.717, 1.165) is 18.9 Å². The maximum Gasteiger partial charge on any atom is 0.0911 e. The summed E-state index contributed by atoms with van der Waals surface area (Å²) in [5, 5.41) is 7.37. The van der Waals surface area contributed by atoms with Crippen LogP contribution in [0.3, 0.4) is 0 Å². The Labute approximate surface area is 98.2 Å². The zero-order chi connectivity index (χ0) is 11.6. The van der Waals surface area contributed by atoms with Crippen LogP contribution in [0.25, 0.3) is 0 Å². The lowest BCUT2D eigenvalue weighted by molar-refractivity contribution is -0.00751. The van der Waals surface area contributed by atoms with E-state index in [1.54, 1.807) is 0 Å². The largest absolute Gasteiger partial charge is 0.388 e. The number of hydrogen-bond donors (Lipinski definition) is 2. The summed E-state index contributed by atoms with van der Waals surface area (Å²) in [6, 6.07) is 0. The minimum atomic E-state index is 0.243. The van der Waals surface area contributed by atoms with Crippen LogP contribution in [-0.2, 0) is 4.74 Å². The highest BCUT2D eigenvalue weighted by Gasteiger charge is 2.43. The van der Waals surface area contributed by atoms with Crippen LogP contribution in [0.2, 0.25) is 0 Å². The molecule has 2 fully saturated rings. The molecule has 3 N–H and O–H groups in total. The predicted octanol–water partition coefficient (Wildman–Crippen LogP) is 2.69. The molecule has 0 bridgehead atoms. The van der Waals surface area contributed by atoms with Crippen LogP contribution < -0.4 is 5.73 Å². The molecule has 0 aromatic heterocycles. The lowest BCUT2D eigenvalue weighted by Crippen LogP contribution is -2.27. The topological polar surface area (TPSA) is 59.1 Å². The van der Waals surface area contributed by atoms with Gasteiger partial charge >= 0.3 is 0 Å². The Bertz CT molecular complexity index is 261. The van der Waals surface area contributed by atoms with Crippen molar-refractivity contribution in [2.24, 2.45) is 17.1 Å². The van der Waals surface area contributed by atoms with Gasteiger partial charge in [0.25, 0.3) is 0 Å². The van der Waals surface area contributed by atoms with Gasteiger partial charge in [-0.15, -0.1) is 0 Å². The summed E-state index contributed by atoms with van der Waals surface area (Å²) in [5.74, 6) is 1.14. The van der Waals surface area contributed by atoms with Gasteiger partial charge < -0.3 is 10.5 Å². The Morgan fingerprint density at radius 1 is 1.44 bits per heavy atom. The molecule has 0 spiro atoms. The third kappa shape index (κ3) is 3.21. The molecule has 0 aromatic rings. The van der Waals surface area contributed by atoms with E-state index in [1.807, 2.05) is 0 Å². The standard InChI is InChI=1S/C13H24N2O/c1-10-3-2-4-11(7-10)16-9-13(5-6-13)8-12(14)15/h10-11H,2-9H2,1H3,(H3,14,15). The van der Waals surface area contributed by atoms with E-state index in [0.29, 0.717) is 11.9 Å². The van der Waals surface area contributed by atoms with Crippen molar-refractivity contribution >= 4 is 5.84 Å². The number of amidine groups is 1. The summed E-state index contributed by atoms with van der Waals surface area (Å²) in [5.41, 5.74) is 5.72. The van der Waals surface area contributed by atoms with Crippen LogP contribution in [-0.4, -0.2) is 18.5 Å². The highest BCUT2D eigenvalue weighted by atomic mass is 16.5. The van der Waals surface area contributed by atoms with Crippen molar-refractivity contribution in [2.45, 2.75) is 58.0 Å². The Hall–Kier alpha value is -0.570. The molecule has 3 heteroatoms.